The zero-order chi connectivity index (χ0) is 21.7. The van der Waals surface area contributed by atoms with E-state index in [0.29, 0.717) is 9.99 Å². The smallest absolute Gasteiger partial charge is 0.343 e. The number of halogens is 1. The molecule has 7 nitrogen and oxygen atoms in total. The maximum absolute atomic E-state index is 13.0. The second kappa shape index (κ2) is 10.5. The van der Waals surface area contributed by atoms with Gasteiger partial charge in [0.1, 0.15) is 10.2 Å². The average molecular weight is 479 g/mol. The van der Waals surface area contributed by atoms with Crippen LogP contribution in [-0.4, -0.2) is 71.2 Å². The monoisotopic (exact) mass is 478 g/mol. The molecule has 0 spiro atoms. The molecule has 3 rings (SSSR count). The van der Waals surface area contributed by atoms with Gasteiger partial charge in [-0.05, 0) is 61.4 Å². The van der Waals surface area contributed by atoms with Gasteiger partial charge in [0.05, 0.1) is 23.7 Å². The van der Waals surface area contributed by atoms with Gasteiger partial charge in [-0.2, -0.15) is 0 Å². The lowest BCUT2D eigenvalue weighted by molar-refractivity contribution is 0.0523. The Hall–Kier alpha value is -1.77. The van der Waals surface area contributed by atoms with Gasteiger partial charge in [0, 0.05) is 31.9 Å². The largest absolute Gasteiger partial charge is 0.462 e. The molecule has 2 aromatic rings. The maximum Gasteiger partial charge on any atom is 0.343 e. The lowest BCUT2D eigenvalue weighted by atomic mass is 10.0. The topological polar surface area (TPSA) is 67.7 Å². The molecule has 0 aromatic carbocycles. The first kappa shape index (κ1) is 22.9. The molecule has 1 atom stereocenters. The second-order valence-electron chi connectivity index (χ2n) is 7.65. The number of likely N-dealkylation sites (N-methyl/N-ethyl adjacent to an activating group) is 1. The Morgan fingerprint density at radius 3 is 2.80 bits per heavy atom. The predicted molar refractivity (Wildman–Crippen MR) is 122 cm³/mol. The van der Waals surface area contributed by atoms with E-state index in [1.165, 1.54) is 0 Å². The molecule has 1 aliphatic rings. The van der Waals surface area contributed by atoms with E-state index in [-0.39, 0.29) is 23.6 Å². The summed E-state index contributed by atoms with van der Waals surface area (Å²) in [6, 6.07) is 1.87. The van der Waals surface area contributed by atoms with E-state index in [9.17, 15) is 9.59 Å². The molecule has 0 aliphatic carbocycles. The van der Waals surface area contributed by atoms with E-state index in [1.54, 1.807) is 25.4 Å². The van der Waals surface area contributed by atoms with Gasteiger partial charge in [-0.1, -0.05) is 13.8 Å². The molecular formula is C22H31BrN4O3. The second-order valence-corrected chi connectivity index (χ2v) is 8.46. The number of carbonyl (C=O) groups is 1. The molecule has 8 heteroatoms. The first-order valence-electron chi connectivity index (χ1n) is 10.8. The summed E-state index contributed by atoms with van der Waals surface area (Å²) < 4.78 is 7.78. The van der Waals surface area contributed by atoms with E-state index < -0.39 is 5.97 Å². The molecule has 1 fully saturated rings. The third-order valence-electron chi connectivity index (χ3n) is 5.88. The van der Waals surface area contributed by atoms with Crippen LogP contribution in [-0.2, 0) is 4.74 Å². The van der Waals surface area contributed by atoms with Gasteiger partial charge in [0.2, 0.25) is 5.43 Å². The lowest BCUT2D eigenvalue weighted by Crippen LogP contribution is -2.41. The van der Waals surface area contributed by atoms with E-state index >= 15 is 0 Å². The zero-order valence-corrected chi connectivity index (χ0v) is 19.7. The highest BCUT2D eigenvalue weighted by Crippen LogP contribution is 2.26. The van der Waals surface area contributed by atoms with Crippen LogP contribution in [0.3, 0.4) is 0 Å². The van der Waals surface area contributed by atoms with Crippen molar-refractivity contribution in [3.05, 3.63) is 38.9 Å². The summed E-state index contributed by atoms with van der Waals surface area (Å²) >= 11 is 3.35. The van der Waals surface area contributed by atoms with Crippen molar-refractivity contribution in [2.75, 3.05) is 45.9 Å². The van der Waals surface area contributed by atoms with Crippen molar-refractivity contribution in [2.45, 2.75) is 39.7 Å². The number of nitrogens with zero attached hydrogens (tertiary/aromatic N) is 4. The molecule has 30 heavy (non-hydrogen) atoms. The Morgan fingerprint density at radius 1 is 1.33 bits per heavy atom. The number of esters is 1. The number of pyridine rings is 2. The van der Waals surface area contributed by atoms with E-state index in [1.807, 2.05) is 0 Å². The average Bonchev–Trinajstić information content (AvgIpc) is 2.75. The fraction of sp³-hybridized carbons (Fsp3) is 0.591. The number of aromatic nitrogens is 2. The van der Waals surface area contributed by atoms with Crippen LogP contribution >= 0.6 is 15.9 Å². The molecule has 1 aliphatic heterocycles. The minimum atomic E-state index is -0.569. The van der Waals surface area contributed by atoms with Crippen LogP contribution in [0.15, 0.2) is 27.9 Å². The van der Waals surface area contributed by atoms with Crippen molar-refractivity contribution in [1.29, 1.82) is 0 Å². The van der Waals surface area contributed by atoms with Gasteiger partial charge < -0.3 is 19.1 Å². The summed E-state index contributed by atoms with van der Waals surface area (Å²) in [5.74, 6) is -0.569. The number of rotatable bonds is 8. The molecule has 0 radical (unpaired) electrons. The number of likely N-dealkylation sites (tertiary alicyclic amines) is 1. The quantitative estimate of drug-likeness (QED) is 0.428. The van der Waals surface area contributed by atoms with Gasteiger partial charge in [-0.25, -0.2) is 9.78 Å². The number of piperidine rings is 1. The van der Waals surface area contributed by atoms with Crippen LogP contribution in [0.4, 0.5) is 0 Å². The van der Waals surface area contributed by atoms with Crippen molar-refractivity contribution < 1.29 is 9.53 Å². The lowest BCUT2D eigenvalue weighted by Gasteiger charge is -2.35. The van der Waals surface area contributed by atoms with E-state index in [0.717, 1.165) is 57.6 Å². The highest BCUT2D eigenvalue weighted by molar-refractivity contribution is 9.10. The zero-order valence-electron chi connectivity index (χ0n) is 18.1. The van der Waals surface area contributed by atoms with Crippen molar-refractivity contribution >= 4 is 32.8 Å². The van der Waals surface area contributed by atoms with Crippen LogP contribution in [0.5, 0.6) is 0 Å². The first-order chi connectivity index (χ1) is 14.5. The summed E-state index contributed by atoms with van der Waals surface area (Å²) in [6.45, 7) is 12.5. The molecule has 2 aromatic heterocycles. The predicted octanol–water partition coefficient (Wildman–Crippen LogP) is 3.31. The molecule has 164 valence electrons. The fourth-order valence-corrected chi connectivity index (χ4v) is 4.49. The Morgan fingerprint density at radius 2 is 2.10 bits per heavy atom. The van der Waals surface area contributed by atoms with Gasteiger partial charge in [0.15, 0.2) is 0 Å². The molecule has 0 saturated carbocycles. The summed E-state index contributed by atoms with van der Waals surface area (Å²) in [7, 11) is 0. The van der Waals surface area contributed by atoms with E-state index in [4.69, 9.17) is 4.74 Å². The number of hydrogen-bond donors (Lipinski definition) is 0. The first-order valence-corrected chi connectivity index (χ1v) is 11.6. The van der Waals surface area contributed by atoms with Crippen LogP contribution < -0.4 is 5.43 Å². The molecule has 0 bridgehead atoms. The fourth-order valence-electron chi connectivity index (χ4n) is 4.16. The molecule has 0 amide bonds. The molecule has 1 saturated heterocycles. The Bertz CT molecular complexity index is 942. The summed E-state index contributed by atoms with van der Waals surface area (Å²) in [5.41, 5.74) is 0.534. The normalized spacial score (nSPS) is 17.6. The Balaban J connectivity index is 1.94. The highest BCUT2D eigenvalue weighted by atomic mass is 79.9. The molecule has 3 heterocycles. The van der Waals surface area contributed by atoms with Crippen LogP contribution in [0.25, 0.3) is 10.9 Å². The summed E-state index contributed by atoms with van der Waals surface area (Å²) in [4.78, 5) is 34.7. The van der Waals surface area contributed by atoms with Gasteiger partial charge in [0.25, 0.3) is 0 Å². The number of hydrogen-bond acceptors (Lipinski definition) is 6. The van der Waals surface area contributed by atoms with Crippen LogP contribution in [0.1, 0.15) is 50.0 Å². The minimum Gasteiger partial charge on any atom is -0.462 e. The highest BCUT2D eigenvalue weighted by Gasteiger charge is 2.25. The van der Waals surface area contributed by atoms with Crippen molar-refractivity contribution in [1.82, 2.24) is 19.4 Å². The minimum absolute atomic E-state index is 0.0858. The van der Waals surface area contributed by atoms with Crippen LogP contribution in [0.2, 0.25) is 0 Å². The number of ether oxygens (including phenoxy) is 1. The van der Waals surface area contributed by atoms with Gasteiger partial charge in [-0.3, -0.25) is 4.79 Å². The van der Waals surface area contributed by atoms with E-state index in [2.05, 4.69) is 49.1 Å². The number of fused-ring (bicyclic) bond motifs is 1. The molecule has 0 unspecified atom stereocenters. The maximum atomic E-state index is 13.0. The SMILES string of the molecule is CCOC(=O)c1cn([C@H]2CCCN(CCN(CC)CC)C2)c2cnc(Br)cc2c1=O. The Kier molecular flexibility index (Phi) is 8.02. The van der Waals surface area contributed by atoms with Gasteiger partial charge >= 0.3 is 5.97 Å². The molecular weight excluding hydrogens is 448 g/mol. The van der Waals surface area contributed by atoms with Gasteiger partial charge in [-0.15, -0.1) is 0 Å². The third kappa shape index (κ3) is 5.10. The Labute approximate surface area is 186 Å². The van der Waals surface area contributed by atoms with Crippen molar-refractivity contribution in [2.24, 2.45) is 0 Å². The van der Waals surface area contributed by atoms with Crippen LogP contribution in [0, 0.1) is 0 Å². The molecule has 0 N–H and O–H groups in total. The summed E-state index contributed by atoms with van der Waals surface area (Å²) in [6.07, 6.45) is 5.47. The third-order valence-corrected chi connectivity index (χ3v) is 6.32. The summed E-state index contributed by atoms with van der Waals surface area (Å²) in [5, 5.41) is 0.489. The van der Waals surface area contributed by atoms with Crippen molar-refractivity contribution in [3.63, 3.8) is 0 Å². The standard InChI is InChI=1S/C22H31BrN4O3/c1-4-25(5-2)10-11-26-9-7-8-16(14-26)27-15-18(22(29)30-6-3)21(28)17-12-20(23)24-13-19(17)27/h12-13,15-16H,4-11,14H2,1-3H3/t16-/m0/s1. The van der Waals surface area contributed by atoms with Crippen molar-refractivity contribution in [3.8, 4) is 0 Å². The number of carbonyl (C=O) groups excluding carboxylic acids is 1.